The number of hydrogen-bond donors (Lipinski definition) is 0. The molecule has 12 heavy (non-hydrogen) atoms. The quantitative estimate of drug-likeness (QED) is 0.612. The second-order valence-corrected chi connectivity index (χ2v) is 3.12. The monoisotopic (exact) mass is 236 g/mol. The maximum Gasteiger partial charge on any atom is 0 e. The third kappa shape index (κ3) is 3.29. The molecule has 0 saturated heterocycles. The van der Waals surface area contributed by atoms with E-state index in [1.165, 1.54) is 17.1 Å². The van der Waals surface area contributed by atoms with Crippen molar-refractivity contribution in [3.05, 3.63) is 41.4 Å². The van der Waals surface area contributed by atoms with Crippen LogP contribution in [0.4, 0.5) is 0 Å². The molecule has 0 bridgehead atoms. The van der Waals surface area contributed by atoms with Crippen LogP contribution in [0.5, 0.6) is 0 Å². The molecule has 0 aromatic heterocycles. The second-order valence-electron chi connectivity index (χ2n) is 3.12. The molecule has 1 aliphatic rings. The van der Waals surface area contributed by atoms with Gasteiger partial charge in [-0.2, -0.15) is 5.57 Å². The molecule has 0 saturated carbocycles. The van der Waals surface area contributed by atoms with Crippen LogP contribution in [0.2, 0.25) is 0 Å². The molecule has 63 valence electrons. The van der Waals surface area contributed by atoms with Gasteiger partial charge in [-0.3, -0.25) is 0 Å². The molecule has 1 radical (unpaired) electrons. The van der Waals surface area contributed by atoms with Crippen molar-refractivity contribution in [1.29, 1.82) is 0 Å². The van der Waals surface area contributed by atoms with Gasteiger partial charge in [0, 0.05) is 32.7 Å². The van der Waals surface area contributed by atoms with Crippen LogP contribution in [-0.4, -0.2) is 0 Å². The summed E-state index contributed by atoms with van der Waals surface area (Å²) in [5.74, 6) is 1.40. The fourth-order valence-electron chi connectivity index (χ4n) is 1.06. The summed E-state index contributed by atoms with van der Waals surface area (Å²) in [4.78, 5) is 0. The first-order valence-electron chi connectivity index (χ1n) is 4.06. The summed E-state index contributed by atoms with van der Waals surface area (Å²) in [5.41, 5.74) is 2.76. The Bertz CT molecular complexity index is 205. The van der Waals surface area contributed by atoms with Gasteiger partial charge < -0.3 is 0 Å². The van der Waals surface area contributed by atoms with Crippen LogP contribution in [0.25, 0.3) is 0 Å². The molecule has 0 fully saturated rings. The molecule has 1 rings (SSSR count). The van der Waals surface area contributed by atoms with Crippen LogP contribution in [0.3, 0.4) is 0 Å². The van der Waals surface area contributed by atoms with Crippen molar-refractivity contribution in [2.45, 2.75) is 27.2 Å². The predicted molar refractivity (Wildman–Crippen MR) is 50.2 cm³/mol. The van der Waals surface area contributed by atoms with Crippen LogP contribution in [0.15, 0.2) is 35.5 Å². The van der Waals surface area contributed by atoms with E-state index in [0.717, 1.165) is 6.42 Å². The van der Waals surface area contributed by atoms with Crippen LogP contribution in [0, 0.1) is 5.92 Å². The Morgan fingerprint density at radius 1 is 1.25 bits per heavy atom. The zero-order valence-electron chi connectivity index (χ0n) is 8.09. The van der Waals surface area contributed by atoms with E-state index in [1.54, 1.807) is 0 Å². The maximum atomic E-state index is 2.20. The van der Waals surface area contributed by atoms with Gasteiger partial charge in [0.1, 0.15) is 0 Å². The van der Waals surface area contributed by atoms with Crippen molar-refractivity contribution in [1.82, 2.24) is 0 Å². The van der Waals surface area contributed by atoms with E-state index in [2.05, 4.69) is 45.1 Å². The Balaban J connectivity index is 0.00000121. The van der Waals surface area contributed by atoms with Gasteiger partial charge in [-0.15, -0.1) is 26.0 Å². The van der Waals surface area contributed by atoms with Crippen molar-refractivity contribution >= 4 is 0 Å². The summed E-state index contributed by atoms with van der Waals surface area (Å²) in [7, 11) is 0. The predicted octanol–water partition coefficient (Wildman–Crippen LogP) is 3.43. The summed E-state index contributed by atoms with van der Waals surface area (Å²) >= 11 is 0. The Morgan fingerprint density at radius 3 is 2.17 bits per heavy atom. The molecule has 0 aliphatic heterocycles. The Labute approximate surface area is 101 Å². The second kappa shape index (κ2) is 5.77. The van der Waals surface area contributed by atoms with E-state index in [-0.39, 0.29) is 32.7 Å². The summed E-state index contributed by atoms with van der Waals surface area (Å²) in [6.45, 7) is 6.47. The van der Waals surface area contributed by atoms with Gasteiger partial charge in [0.05, 0.1) is 0 Å². The largest absolute Gasteiger partial charge is 0.218 e. The van der Waals surface area contributed by atoms with E-state index >= 15 is 0 Å². The van der Waals surface area contributed by atoms with Crippen molar-refractivity contribution in [3.8, 4) is 0 Å². The molecular weight excluding hydrogens is 221 g/mol. The van der Waals surface area contributed by atoms with E-state index in [9.17, 15) is 0 Å². The van der Waals surface area contributed by atoms with Crippen molar-refractivity contribution in [2.75, 3.05) is 0 Å². The molecule has 0 heterocycles. The first kappa shape index (κ1) is 12.2. The third-order valence-electron chi connectivity index (χ3n) is 2.05. The van der Waals surface area contributed by atoms with Crippen LogP contribution >= 0.6 is 0 Å². The number of rotatable bonds is 1. The fraction of sp³-hybridized carbons (Fsp3) is 0.364. The van der Waals surface area contributed by atoms with Gasteiger partial charge >= 0.3 is 0 Å². The minimum Gasteiger partial charge on any atom is -0.218 e. The SMILES string of the molecule is CC(=C1C=CCC=C1)[C-](C)C.[Y]. The molecule has 0 N–H and O–H groups in total. The zero-order chi connectivity index (χ0) is 8.27. The number of hydrogen-bond acceptors (Lipinski definition) is 0. The van der Waals surface area contributed by atoms with E-state index in [4.69, 9.17) is 0 Å². The average Bonchev–Trinajstić information content (AvgIpc) is 2.05. The van der Waals surface area contributed by atoms with E-state index < -0.39 is 0 Å². The molecule has 0 nitrogen and oxygen atoms in total. The van der Waals surface area contributed by atoms with Gasteiger partial charge in [0.15, 0.2) is 0 Å². The molecule has 0 aromatic rings. The third-order valence-corrected chi connectivity index (χ3v) is 2.05. The van der Waals surface area contributed by atoms with Crippen LogP contribution in [-0.2, 0) is 32.7 Å². The summed E-state index contributed by atoms with van der Waals surface area (Å²) < 4.78 is 0. The Hall–Kier alpha value is 0.194. The number of allylic oxidation sites excluding steroid dienone is 6. The molecule has 1 heteroatoms. The molecule has 0 amide bonds. The first-order valence-corrected chi connectivity index (χ1v) is 4.06. The fourth-order valence-corrected chi connectivity index (χ4v) is 1.06. The summed E-state index contributed by atoms with van der Waals surface area (Å²) in [6.07, 6.45) is 9.87. The van der Waals surface area contributed by atoms with Crippen LogP contribution in [0.1, 0.15) is 27.2 Å². The molecule has 0 unspecified atom stereocenters. The van der Waals surface area contributed by atoms with E-state index in [1.807, 2.05) is 0 Å². The molecule has 0 spiro atoms. The molecule has 0 atom stereocenters. The van der Waals surface area contributed by atoms with Crippen LogP contribution < -0.4 is 0 Å². The Morgan fingerprint density at radius 2 is 1.75 bits per heavy atom. The summed E-state index contributed by atoms with van der Waals surface area (Å²) in [5, 5.41) is 0. The maximum absolute atomic E-state index is 2.20. The topological polar surface area (TPSA) is 0 Å². The minimum atomic E-state index is 0. The smallest absolute Gasteiger partial charge is 0 e. The molecule has 0 aromatic carbocycles. The normalized spacial score (nSPS) is 14.1. The Kier molecular flexibility index (Phi) is 5.87. The minimum absolute atomic E-state index is 0. The van der Waals surface area contributed by atoms with E-state index in [0.29, 0.717) is 0 Å². The summed E-state index contributed by atoms with van der Waals surface area (Å²) in [6, 6.07) is 0. The van der Waals surface area contributed by atoms with Gasteiger partial charge in [-0.05, 0) is 6.42 Å². The first-order chi connectivity index (χ1) is 5.22. The van der Waals surface area contributed by atoms with Gasteiger partial charge in [0.25, 0.3) is 0 Å². The van der Waals surface area contributed by atoms with Gasteiger partial charge in [0.2, 0.25) is 0 Å². The van der Waals surface area contributed by atoms with Crippen molar-refractivity contribution < 1.29 is 32.7 Å². The standard InChI is InChI=1S/C11H15.Y/c1-9(2)10(3)11-7-5-4-6-8-11;/h5-8H,4H2,1-3H3;/q-1;. The van der Waals surface area contributed by atoms with Gasteiger partial charge in [-0.25, -0.2) is 11.5 Å². The van der Waals surface area contributed by atoms with Crippen molar-refractivity contribution in [2.24, 2.45) is 0 Å². The zero-order valence-corrected chi connectivity index (χ0v) is 10.9. The van der Waals surface area contributed by atoms with Gasteiger partial charge in [-0.1, -0.05) is 19.1 Å². The van der Waals surface area contributed by atoms with Crippen molar-refractivity contribution in [3.63, 3.8) is 0 Å². The average molecular weight is 236 g/mol. The molecule has 1 aliphatic carbocycles. The molecular formula is C11H15Y-.